The second kappa shape index (κ2) is 27.3. The average Bonchev–Trinajstić information content (AvgIpc) is 3.50. The Labute approximate surface area is 428 Å². The van der Waals surface area contributed by atoms with Crippen LogP contribution < -0.4 is 26.4 Å². The average molecular weight is 1120 g/mol. The normalized spacial score (nSPS) is 11.6. The fourth-order valence-electron chi connectivity index (χ4n) is 9.31. The molecule has 0 bridgehead atoms. The van der Waals surface area contributed by atoms with Crippen LogP contribution in [0.25, 0.3) is 0 Å². The van der Waals surface area contributed by atoms with Gasteiger partial charge in [0.25, 0.3) is 0 Å². The van der Waals surface area contributed by atoms with Crippen molar-refractivity contribution in [3.8, 4) is 0 Å². The molecule has 0 fully saturated rings. The Morgan fingerprint density at radius 2 is 0.597 bits per heavy atom. The third-order valence-electron chi connectivity index (χ3n) is 13.1. The summed E-state index contributed by atoms with van der Waals surface area (Å²) < 4.78 is 296. The molecule has 0 saturated heterocycles. The van der Waals surface area contributed by atoms with Crippen molar-refractivity contribution in [2.24, 2.45) is 0 Å². The molecule has 0 aliphatic carbocycles. The van der Waals surface area contributed by atoms with Gasteiger partial charge >= 0.3 is 0 Å². The van der Waals surface area contributed by atoms with Crippen molar-refractivity contribution < 1.29 is 97.2 Å². The first-order valence-electron chi connectivity index (χ1n) is 24.3. The maximum absolute atomic E-state index is 15.4. The molecule has 0 N–H and O–H groups in total. The van der Waals surface area contributed by atoms with Gasteiger partial charge in [-0.05, 0) is 12.5 Å². The van der Waals surface area contributed by atoms with E-state index >= 15 is 35.1 Å². The summed E-state index contributed by atoms with van der Waals surface area (Å²) in [4.78, 5) is 12.8. The number of carbonyl (C=O) groups excluding carboxylic acids is 1. The highest BCUT2D eigenvalue weighted by molar-refractivity contribution is 7.20. The number of hydrogen-bond acceptors (Lipinski definition) is 1. The molecule has 0 aliphatic heterocycles. The molecule has 2 nitrogen and oxygen atoms in total. The third-order valence-corrected chi connectivity index (χ3v) is 13.1. The molecular formula is C54H46BF20NO. The molecular weight excluding hydrogens is 1070 g/mol. The molecule has 0 unspecified atom stereocenters. The molecule has 6 rings (SSSR count). The summed E-state index contributed by atoms with van der Waals surface area (Å²) in [5.74, 6) is -71.1. The lowest BCUT2D eigenvalue weighted by Crippen LogP contribution is -2.81. The Hall–Kier alpha value is -6.42. The van der Waals surface area contributed by atoms with E-state index < -0.39 is 144 Å². The molecule has 416 valence electrons. The fourth-order valence-corrected chi connectivity index (χ4v) is 9.31. The topological polar surface area (TPSA) is 20.9 Å². The summed E-state index contributed by atoms with van der Waals surface area (Å²) in [5.41, 5.74) is -12.3. The lowest BCUT2D eigenvalue weighted by atomic mass is 9.12. The van der Waals surface area contributed by atoms with Gasteiger partial charge in [0.2, 0.25) is 11.5 Å². The van der Waals surface area contributed by atoms with Gasteiger partial charge in [-0.3, -0.25) is 4.79 Å². The summed E-state index contributed by atoms with van der Waals surface area (Å²) in [6, 6.07) is 16.3. The van der Waals surface area contributed by atoms with Crippen molar-refractivity contribution in [2.75, 3.05) is 0 Å². The van der Waals surface area contributed by atoms with Gasteiger partial charge in [0.15, 0.2) is 82.5 Å². The second-order valence-corrected chi connectivity index (χ2v) is 18.1. The van der Waals surface area contributed by atoms with Crippen molar-refractivity contribution >= 4 is 33.8 Å². The number of rotatable bonds is 23. The van der Waals surface area contributed by atoms with Gasteiger partial charge in [0.05, 0.1) is 0 Å². The molecule has 0 radical (unpaired) electrons. The van der Waals surface area contributed by atoms with Crippen LogP contribution in [0.3, 0.4) is 0 Å². The van der Waals surface area contributed by atoms with E-state index in [9.17, 15) is 57.5 Å². The summed E-state index contributed by atoms with van der Waals surface area (Å²) in [6.45, 7) is 3.04. The fraction of sp³-hybridized carbons (Fsp3) is 0.333. The number of carbonyl (C=O) groups is 1. The number of pyridine rings is 1. The highest BCUT2D eigenvalue weighted by Crippen LogP contribution is 2.31. The van der Waals surface area contributed by atoms with Crippen LogP contribution >= 0.6 is 0 Å². The van der Waals surface area contributed by atoms with E-state index in [-0.39, 0.29) is 5.78 Å². The van der Waals surface area contributed by atoms with Crippen LogP contribution in [-0.2, 0) is 6.54 Å². The number of unbranched alkanes of at least 4 members (excludes halogenated alkanes) is 14. The van der Waals surface area contributed by atoms with E-state index in [2.05, 4.69) is 35.8 Å². The van der Waals surface area contributed by atoms with Gasteiger partial charge in [-0.15, -0.1) is 21.9 Å². The predicted molar refractivity (Wildman–Crippen MR) is 245 cm³/mol. The van der Waals surface area contributed by atoms with Crippen LogP contribution in [0.4, 0.5) is 87.8 Å². The van der Waals surface area contributed by atoms with Crippen LogP contribution in [0.1, 0.15) is 126 Å². The number of aromatic nitrogens is 1. The Morgan fingerprint density at radius 1 is 0.338 bits per heavy atom. The highest BCUT2D eigenvalue weighted by Gasteiger charge is 2.52. The van der Waals surface area contributed by atoms with Gasteiger partial charge < -0.3 is 0 Å². The first-order valence-corrected chi connectivity index (χ1v) is 24.3. The van der Waals surface area contributed by atoms with Crippen molar-refractivity contribution in [2.45, 2.75) is 116 Å². The maximum Gasteiger partial charge on any atom is 0.248 e. The Balaban J connectivity index is 0.000000301. The molecule has 1 aromatic heterocycles. The Morgan fingerprint density at radius 3 is 0.896 bits per heavy atom. The van der Waals surface area contributed by atoms with Crippen LogP contribution in [0.5, 0.6) is 0 Å². The van der Waals surface area contributed by atoms with Gasteiger partial charge in [-0.2, -0.15) is 4.57 Å². The van der Waals surface area contributed by atoms with Crippen molar-refractivity contribution in [1.82, 2.24) is 0 Å². The smallest absolute Gasteiger partial charge is 0.248 e. The monoisotopic (exact) mass is 1120 g/mol. The van der Waals surface area contributed by atoms with Crippen molar-refractivity contribution in [3.05, 3.63) is 182 Å². The molecule has 0 aliphatic rings. The standard InChI is InChI=1S/C30H46NO.C24BF20/c1-2-3-4-5-6-7-8-9-10-11-12-13-14-15-19-25-30(32)29-24-20-21-26-31(29)27-28-22-17-16-18-23-28;26-5-1(6(27)14(35)21(42)13(5)34)25(2-7(28)15(36)22(43)16(37)8(2)29,3-9(30)17(38)23(44)18(39)10(3)31)4-11(32)19(40)24(45)20(41)12(4)33/h16-18,20-24,26H,2-15,19,25,27H2,1H3;/q+1;-1. The minimum Gasteiger partial charge on any atom is -0.287 e. The molecule has 6 aromatic rings. The van der Waals surface area contributed by atoms with Crippen LogP contribution in [0.15, 0.2) is 54.7 Å². The van der Waals surface area contributed by atoms with Crippen molar-refractivity contribution in [3.63, 3.8) is 0 Å². The molecule has 0 saturated carbocycles. The van der Waals surface area contributed by atoms with Gasteiger partial charge in [0.1, 0.15) is 52.7 Å². The lowest BCUT2D eigenvalue weighted by molar-refractivity contribution is -0.690. The zero-order valence-electron chi connectivity index (χ0n) is 40.7. The maximum atomic E-state index is 15.4. The summed E-state index contributed by atoms with van der Waals surface area (Å²) in [6.07, 6.45) is 15.7. The largest absolute Gasteiger partial charge is 0.287 e. The van der Waals surface area contributed by atoms with E-state index in [1.807, 2.05) is 30.5 Å². The third kappa shape index (κ3) is 12.8. The van der Waals surface area contributed by atoms with Gasteiger partial charge in [0, 0.05) is 24.1 Å². The quantitative estimate of drug-likeness (QED) is 0.0119. The minimum absolute atomic E-state index is 0.274. The number of Topliss-reactive ketones (excluding diaryl/α,β-unsaturated/α-hetero) is 1. The molecule has 0 spiro atoms. The lowest BCUT2D eigenvalue weighted by Gasteiger charge is -2.44. The molecule has 0 atom stereocenters. The van der Waals surface area contributed by atoms with Crippen LogP contribution in [-0.4, -0.2) is 11.9 Å². The minimum atomic E-state index is -7.22. The number of hydrogen-bond donors (Lipinski definition) is 0. The zero-order valence-corrected chi connectivity index (χ0v) is 40.7. The van der Waals surface area contributed by atoms with E-state index in [0.717, 1.165) is 18.7 Å². The second-order valence-electron chi connectivity index (χ2n) is 18.1. The predicted octanol–water partition coefficient (Wildman–Crippen LogP) is 14.3. The summed E-state index contributed by atoms with van der Waals surface area (Å²) >= 11 is 0. The number of nitrogens with zero attached hydrogens (tertiary/aromatic N) is 1. The Kier molecular flexibility index (Phi) is 21.7. The van der Waals surface area contributed by atoms with Crippen LogP contribution in [0.2, 0.25) is 0 Å². The number of benzene rings is 5. The van der Waals surface area contributed by atoms with Gasteiger partial charge in [-0.25, -0.2) is 87.8 Å². The first kappa shape index (κ1) is 61.4. The zero-order chi connectivity index (χ0) is 57.1. The van der Waals surface area contributed by atoms with E-state index in [4.69, 9.17) is 0 Å². The SMILES string of the molecule is CCCCCCCCCCCCCCCCCC(=O)c1cccc[n+]1Cc1ccccc1.Fc1c(F)c(F)c([B-](c2c(F)c(F)c(F)c(F)c2F)(c2c(F)c(F)c(F)c(F)c2F)c2c(F)c(F)c(F)c(F)c2F)c(F)c1F. The molecule has 0 amide bonds. The summed E-state index contributed by atoms with van der Waals surface area (Å²) in [5, 5.41) is 0. The number of halogens is 20. The number of ketones is 1. The van der Waals surface area contributed by atoms with Gasteiger partial charge in [-0.1, -0.05) is 127 Å². The van der Waals surface area contributed by atoms with E-state index in [1.165, 1.54) is 95.5 Å². The first-order chi connectivity index (χ1) is 36.5. The van der Waals surface area contributed by atoms with Crippen LogP contribution in [0, 0.1) is 116 Å². The molecule has 5 aromatic carbocycles. The van der Waals surface area contributed by atoms with E-state index in [0.29, 0.717) is 6.42 Å². The van der Waals surface area contributed by atoms with E-state index in [1.54, 1.807) is 0 Å². The summed E-state index contributed by atoms with van der Waals surface area (Å²) in [7, 11) is 0. The molecule has 1 heterocycles. The highest BCUT2D eigenvalue weighted by atomic mass is 19.2. The molecule has 77 heavy (non-hydrogen) atoms. The molecule has 23 heteroatoms. The van der Waals surface area contributed by atoms with Crippen molar-refractivity contribution in [1.29, 1.82) is 0 Å². The Bertz CT molecular complexity index is 2680.